The smallest absolute Gasteiger partial charge is 0.255 e. The van der Waals surface area contributed by atoms with Gasteiger partial charge in [0.15, 0.2) is 0 Å². The molecule has 1 saturated heterocycles. The molecule has 7 heteroatoms. The Hall–Kier alpha value is -3.61. The van der Waals surface area contributed by atoms with E-state index in [9.17, 15) is 9.59 Å². The van der Waals surface area contributed by atoms with Gasteiger partial charge in [0.25, 0.3) is 5.91 Å². The number of benzene rings is 2. The molecule has 2 amide bonds. The van der Waals surface area contributed by atoms with E-state index >= 15 is 0 Å². The van der Waals surface area contributed by atoms with Crippen molar-refractivity contribution < 1.29 is 18.8 Å². The van der Waals surface area contributed by atoms with Crippen molar-refractivity contribution in [2.45, 2.75) is 33.3 Å². The van der Waals surface area contributed by atoms with Gasteiger partial charge in [-0.3, -0.25) is 9.59 Å². The lowest BCUT2D eigenvalue weighted by atomic mass is 10.2. The number of anilines is 2. The van der Waals surface area contributed by atoms with E-state index in [1.165, 1.54) is 0 Å². The number of carbonyl (C=O) groups is 2. The molecule has 0 atom stereocenters. The van der Waals surface area contributed by atoms with Crippen molar-refractivity contribution in [1.29, 1.82) is 0 Å². The fraction of sp³-hybridized carbons (Fsp3) is 0.261. The Kier molecular flexibility index (Phi) is 5.52. The molecule has 2 aromatic carbocycles. The highest BCUT2D eigenvalue weighted by atomic mass is 16.5. The largest absolute Gasteiger partial charge is 0.489 e. The second-order valence-electron chi connectivity index (χ2n) is 7.27. The summed E-state index contributed by atoms with van der Waals surface area (Å²) in [5.74, 6) is 1.17. The monoisotopic (exact) mass is 405 g/mol. The lowest BCUT2D eigenvalue weighted by molar-refractivity contribution is -0.117. The second kappa shape index (κ2) is 8.41. The average Bonchev–Trinajstić information content (AvgIpc) is 3.32. The van der Waals surface area contributed by atoms with Crippen molar-refractivity contribution >= 4 is 23.2 Å². The number of carbonyl (C=O) groups excluding carboxylic acids is 2. The number of amides is 2. The first kappa shape index (κ1) is 19.7. The summed E-state index contributed by atoms with van der Waals surface area (Å²) in [6, 6.07) is 14.3. The molecule has 2 heterocycles. The molecule has 7 nitrogen and oxygen atoms in total. The Labute approximate surface area is 174 Å². The summed E-state index contributed by atoms with van der Waals surface area (Å²) < 4.78 is 11.0. The summed E-state index contributed by atoms with van der Waals surface area (Å²) in [5, 5.41) is 6.81. The zero-order chi connectivity index (χ0) is 21.1. The second-order valence-corrected chi connectivity index (χ2v) is 7.27. The van der Waals surface area contributed by atoms with Crippen LogP contribution >= 0.6 is 0 Å². The van der Waals surface area contributed by atoms with Crippen molar-refractivity contribution in [1.82, 2.24) is 5.16 Å². The molecule has 3 aromatic rings. The first-order valence-electron chi connectivity index (χ1n) is 9.87. The number of rotatable bonds is 6. The third-order valence-corrected chi connectivity index (χ3v) is 5.15. The maximum atomic E-state index is 12.7. The third kappa shape index (κ3) is 4.20. The minimum absolute atomic E-state index is 0.113. The summed E-state index contributed by atoms with van der Waals surface area (Å²) in [6.07, 6.45) is 1.42. The molecule has 4 rings (SSSR count). The number of hydrogen-bond acceptors (Lipinski definition) is 5. The highest BCUT2D eigenvalue weighted by Gasteiger charge is 2.22. The number of aromatic nitrogens is 1. The molecule has 1 N–H and O–H groups in total. The molecule has 0 unspecified atom stereocenters. The topological polar surface area (TPSA) is 84.7 Å². The SMILES string of the molecule is Cc1noc(C)c1COc1cccc(C(=O)Nc2cccc(N3CCCC3=O)c2)c1. The van der Waals surface area contributed by atoms with Crippen LogP contribution in [0.25, 0.3) is 0 Å². The van der Waals surface area contributed by atoms with E-state index in [0.29, 0.717) is 36.6 Å². The van der Waals surface area contributed by atoms with Gasteiger partial charge in [-0.25, -0.2) is 0 Å². The highest BCUT2D eigenvalue weighted by Crippen LogP contribution is 2.25. The van der Waals surface area contributed by atoms with Gasteiger partial charge < -0.3 is 19.5 Å². The van der Waals surface area contributed by atoms with Crippen LogP contribution in [0.5, 0.6) is 5.75 Å². The average molecular weight is 405 g/mol. The van der Waals surface area contributed by atoms with E-state index < -0.39 is 0 Å². The molecule has 30 heavy (non-hydrogen) atoms. The lowest BCUT2D eigenvalue weighted by Gasteiger charge is -2.17. The van der Waals surface area contributed by atoms with Crippen LogP contribution in [0.4, 0.5) is 11.4 Å². The Morgan fingerprint density at radius 3 is 2.77 bits per heavy atom. The lowest BCUT2D eigenvalue weighted by Crippen LogP contribution is -2.23. The molecule has 1 fully saturated rings. The van der Waals surface area contributed by atoms with Gasteiger partial charge in [0.05, 0.1) is 11.3 Å². The number of ether oxygens (including phenoxy) is 1. The van der Waals surface area contributed by atoms with E-state index in [1.54, 1.807) is 35.2 Å². The van der Waals surface area contributed by atoms with E-state index in [4.69, 9.17) is 9.26 Å². The van der Waals surface area contributed by atoms with Crippen LogP contribution in [0.3, 0.4) is 0 Å². The van der Waals surface area contributed by atoms with Crippen molar-refractivity contribution in [3.8, 4) is 5.75 Å². The first-order chi connectivity index (χ1) is 14.5. The molecule has 1 aliphatic rings. The van der Waals surface area contributed by atoms with Crippen LogP contribution in [0.2, 0.25) is 0 Å². The Bertz CT molecular complexity index is 1070. The zero-order valence-corrected chi connectivity index (χ0v) is 17.0. The minimum Gasteiger partial charge on any atom is -0.489 e. The summed E-state index contributed by atoms with van der Waals surface area (Å²) in [6.45, 7) is 4.73. The van der Waals surface area contributed by atoms with Gasteiger partial charge in [0.2, 0.25) is 5.91 Å². The summed E-state index contributed by atoms with van der Waals surface area (Å²) in [7, 11) is 0. The fourth-order valence-electron chi connectivity index (χ4n) is 3.47. The predicted molar refractivity (Wildman–Crippen MR) is 113 cm³/mol. The van der Waals surface area contributed by atoms with Gasteiger partial charge in [-0.1, -0.05) is 17.3 Å². The molecule has 0 bridgehead atoms. The van der Waals surface area contributed by atoms with Crippen LogP contribution in [0.1, 0.15) is 40.2 Å². The molecule has 1 aromatic heterocycles. The number of hydrogen-bond donors (Lipinski definition) is 1. The Morgan fingerprint density at radius 2 is 2.03 bits per heavy atom. The van der Waals surface area contributed by atoms with Crippen LogP contribution in [-0.2, 0) is 11.4 Å². The zero-order valence-electron chi connectivity index (χ0n) is 17.0. The van der Waals surface area contributed by atoms with Gasteiger partial charge in [-0.05, 0) is 56.7 Å². The number of nitrogens with zero attached hydrogens (tertiary/aromatic N) is 2. The van der Waals surface area contributed by atoms with Crippen molar-refractivity contribution in [3.63, 3.8) is 0 Å². The van der Waals surface area contributed by atoms with Crippen LogP contribution in [0, 0.1) is 13.8 Å². The van der Waals surface area contributed by atoms with Crippen molar-refractivity contribution in [2.24, 2.45) is 0 Å². The van der Waals surface area contributed by atoms with Crippen LogP contribution < -0.4 is 15.0 Å². The molecule has 0 spiro atoms. The number of nitrogens with one attached hydrogen (secondary N) is 1. The highest BCUT2D eigenvalue weighted by molar-refractivity contribution is 6.05. The van der Waals surface area contributed by atoms with Gasteiger partial charge in [0.1, 0.15) is 18.1 Å². The normalized spacial score (nSPS) is 13.5. The van der Waals surface area contributed by atoms with E-state index in [1.807, 2.05) is 32.0 Å². The maximum absolute atomic E-state index is 12.7. The molecule has 0 aliphatic carbocycles. The Balaban J connectivity index is 1.44. The standard InChI is InChI=1S/C23H23N3O4/c1-15-21(16(2)30-25-15)14-29-20-9-3-6-17(12-20)23(28)24-18-7-4-8-19(13-18)26-11-5-10-22(26)27/h3-4,6-9,12-13H,5,10-11,14H2,1-2H3,(H,24,28). The van der Waals surface area contributed by atoms with Crippen molar-refractivity contribution in [2.75, 3.05) is 16.8 Å². The van der Waals surface area contributed by atoms with Gasteiger partial charge in [-0.15, -0.1) is 0 Å². The van der Waals surface area contributed by atoms with Crippen LogP contribution in [-0.4, -0.2) is 23.5 Å². The summed E-state index contributed by atoms with van der Waals surface area (Å²) in [4.78, 5) is 26.5. The third-order valence-electron chi connectivity index (χ3n) is 5.15. The molecule has 0 radical (unpaired) electrons. The molecular weight excluding hydrogens is 382 g/mol. The molecule has 154 valence electrons. The maximum Gasteiger partial charge on any atom is 0.255 e. The van der Waals surface area contributed by atoms with E-state index in [2.05, 4.69) is 10.5 Å². The van der Waals surface area contributed by atoms with E-state index in [0.717, 1.165) is 29.1 Å². The van der Waals surface area contributed by atoms with Gasteiger partial charge in [-0.2, -0.15) is 0 Å². The van der Waals surface area contributed by atoms with Crippen LogP contribution in [0.15, 0.2) is 53.1 Å². The quantitative estimate of drug-likeness (QED) is 0.663. The first-order valence-corrected chi connectivity index (χ1v) is 9.87. The summed E-state index contributed by atoms with van der Waals surface area (Å²) in [5.41, 5.74) is 3.61. The van der Waals surface area contributed by atoms with Gasteiger partial charge in [0, 0.05) is 29.9 Å². The number of aryl methyl sites for hydroxylation is 2. The summed E-state index contributed by atoms with van der Waals surface area (Å²) >= 11 is 0. The fourth-order valence-corrected chi connectivity index (χ4v) is 3.47. The molecule has 1 aliphatic heterocycles. The Morgan fingerprint density at radius 1 is 1.20 bits per heavy atom. The minimum atomic E-state index is -0.248. The molecule has 0 saturated carbocycles. The van der Waals surface area contributed by atoms with Crippen molar-refractivity contribution in [3.05, 3.63) is 71.1 Å². The molecular formula is C23H23N3O4. The van der Waals surface area contributed by atoms with E-state index in [-0.39, 0.29) is 11.8 Å². The van der Waals surface area contributed by atoms with Gasteiger partial charge >= 0.3 is 0 Å². The predicted octanol–water partition coefficient (Wildman–Crippen LogP) is 4.25.